The molecule has 1 aliphatic heterocycles. The third-order valence-electron chi connectivity index (χ3n) is 5.38. The normalized spacial score (nSPS) is 14.0. The van der Waals surface area contributed by atoms with E-state index in [1.165, 1.54) is 24.3 Å². The fourth-order valence-electron chi connectivity index (χ4n) is 3.62. The fraction of sp³-hybridized carbons (Fsp3) is 0.148. The number of carbonyl (C=O) groups is 3. The van der Waals surface area contributed by atoms with E-state index in [-0.39, 0.29) is 23.0 Å². The van der Waals surface area contributed by atoms with E-state index in [2.05, 4.69) is 10.6 Å². The van der Waals surface area contributed by atoms with Crippen molar-refractivity contribution in [2.45, 2.75) is 13.5 Å². The molecule has 4 amide bonds. The number of hydrogen-bond donors (Lipinski definition) is 2. The van der Waals surface area contributed by atoms with E-state index in [0.717, 1.165) is 5.56 Å². The predicted molar refractivity (Wildman–Crippen MR) is 142 cm³/mol. The fourth-order valence-corrected chi connectivity index (χ4v) is 4.08. The van der Waals surface area contributed by atoms with Crippen LogP contribution < -0.4 is 20.1 Å². The SMILES string of the molecule is CCOc1cc(/C=C2/NC(=O)N(CC(=O)Nc3ccccc3F)C2=O)cc(Cl)c1OCc1ccccc1Cl. The van der Waals surface area contributed by atoms with Gasteiger partial charge in [0.1, 0.15) is 24.7 Å². The van der Waals surface area contributed by atoms with Gasteiger partial charge in [-0.3, -0.25) is 9.59 Å². The third-order valence-corrected chi connectivity index (χ3v) is 6.03. The number of anilines is 1. The molecular formula is C27H22Cl2FN3O5. The first kappa shape index (κ1) is 27.0. The van der Waals surface area contributed by atoms with E-state index in [9.17, 15) is 18.8 Å². The van der Waals surface area contributed by atoms with Crippen LogP contribution in [0.15, 0.2) is 66.4 Å². The van der Waals surface area contributed by atoms with Gasteiger partial charge in [-0.2, -0.15) is 0 Å². The number of amides is 4. The maximum Gasteiger partial charge on any atom is 0.329 e. The maximum absolute atomic E-state index is 13.8. The van der Waals surface area contributed by atoms with Gasteiger partial charge in [0.05, 0.1) is 17.3 Å². The Kier molecular flexibility index (Phi) is 8.50. The summed E-state index contributed by atoms with van der Waals surface area (Å²) < 4.78 is 25.4. The molecule has 11 heteroatoms. The molecule has 0 saturated carbocycles. The van der Waals surface area contributed by atoms with Crippen molar-refractivity contribution in [2.75, 3.05) is 18.5 Å². The van der Waals surface area contributed by atoms with Crippen LogP contribution in [0, 0.1) is 5.82 Å². The molecule has 0 unspecified atom stereocenters. The number of benzene rings is 3. The number of nitrogens with zero attached hydrogens (tertiary/aromatic N) is 1. The zero-order valence-corrected chi connectivity index (χ0v) is 21.6. The second kappa shape index (κ2) is 12.0. The van der Waals surface area contributed by atoms with Gasteiger partial charge in [0.15, 0.2) is 11.5 Å². The van der Waals surface area contributed by atoms with Crippen molar-refractivity contribution in [3.05, 3.63) is 93.4 Å². The van der Waals surface area contributed by atoms with Crippen LogP contribution in [0.3, 0.4) is 0 Å². The van der Waals surface area contributed by atoms with Crippen LogP contribution in [-0.2, 0) is 16.2 Å². The van der Waals surface area contributed by atoms with Gasteiger partial charge < -0.3 is 20.1 Å². The van der Waals surface area contributed by atoms with Crippen LogP contribution in [0.1, 0.15) is 18.1 Å². The van der Waals surface area contributed by atoms with Crippen LogP contribution >= 0.6 is 23.2 Å². The summed E-state index contributed by atoms with van der Waals surface area (Å²) >= 11 is 12.7. The zero-order chi connectivity index (χ0) is 27.2. The number of hydrogen-bond acceptors (Lipinski definition) is 5. The molecule has 8 nitrogen and oxygen atoms in total. The average Bonchev–Trinajstić information content (AvgIpc) is 3.13. The van der Waals surface area contributed by atoms with Crippen molar-refractivity contribution in [1.29, 1.82) is 0 Å². The van der Waals surface area contributed by atoms with Crippen LogP contribution in [0.2, 0.25) is 10.0 Å². The van der Waals surface area contributed by atoms with Gasteiger partial charge in [-0.15, -0.1) is 0 Å². The Morgan fingerprint density at radius 1 is 1.05 bits per heavy atom. The second-order valence-electron chi connectivity index (χ2n) is 8.05. The minimum atomic E-state index is -0.791. The van der Waals surface area contributed by atoms with Gasteiger partial charge in [-0.25, -0.2) is 14.1 Å². The lowest BCUT2D eigenvalue weighted by molar-refractivity contribution is -0.127. The maximum atomic E-state index is 13.8. The molecule has 0 aromatic heterocycles. The Morgan fingerprint density at radius 3 is 2.53 bits per heavy atom. The predicted octanol–water partition coefficient (Wildman–Crippen LogP) is 5.64. The molecule has 4 rings (SSSR count). The molecule has 3 aromatic rings. The average molecular weight is 558 g/mol. The number of halogens is 3. The number of nitrogens with one attached hydrogen (secondary N) is 2. The van der Waals surface area contributed by atoms with E-state index < -0.39 is 30.2 Å². The number of para-hydroxylation sites is 1. The summed E-state index contributed by atoms with van der Waals surface area (Å²) in [5.74, 6) is -1.48. The van der Waals surface area contributed by atoms with Crippen LogP contribution in [0.25, 0.3) is 6.08 Å². The Balaban J connectivity index is 1.50. The van der Waals surface area contributed by atoms with Crippen molar-refractivity contribution < 1.29 is 28.2 Å². The van der Waals surface area contributed by atoms with Crippen molar-refractivity contribution in [3.8, 4) is 11.5 Å². The van der Waals surface area contributed by atoms with Crippen molar-refractivity contribution in [1.82, 2.24) is 10.2 Å². The summed E-state index contributed by atoms with van der Waals surface area (Å²) in [7, 11) is 0. The molecule has 3 aromatic carbocycles. The molecule has 2 N–H and O–H groups in total. The summed E-state index contributed by atoms with van der Waals surface area (Å²) in [4.78, 5) is 38.3. The van der Waals surface area contributed by atoms with Gasteiger partial charge >= 0.3 is 6.03 Å². The molecule has 1 saturated heterocycles. The summed E-state index contributed by atoms with van der Waals surface area (Å²) in [6, 6.07) is 15.2. The number of carbonyl (C=O) groups excluding carboxylic acids is 3. The summed E-state index contributed by atoms with van der Waals surface area (Å²) in [6.07, 6.45) is 1.40. The topological polar surface area (TPSA) is 97.0 Å². The molecular weight excluding hydrogens is 536 g/mol. The largest absolute Gasteiger partial charge is 0.490 e. The summed E-state index contributed by atoms with van der Waals surface area (Å²) in [5.41, 5.74) is 1.08. The van der Waals surface area contributed by atoms with E-state index >= 15 is 0 Å². The second-order valence-corrected chi connectivity index (χ2v) is 8.86. The number of urea groups is 1. The third kappa shape index (κ3) is 6.24. The molecule has 38 heavy (non-hydrogen) atoms. The molecule has 0 atom stereocenters. The minimum Gasteiger partial charge on any atom is -0.490 e. The van der Waals surface area contributed by atoms with Gasteiger partial charge in [-0.1, -0.05) is 53.5 Å². The molecule has 0 spiro atoms. The highest BCUT2D eigenvalue weighted by Crippen LogP contribution is 2.38. The Labute approximate surface area is 227 Å². The quantitative estimate of drug-likeness (QED) is 0.262. The molecule has 0 aliphatic carbocycles. The Morgan fingerprint density at radius 2 is 1.79 bits per heavy atom. The van der Waals surface area contributed by atoms with Gasteiger partial charge in [0.25, 0.3) is 5.91 Å². The van der Waals surface area contributed by atoms with Crippen LogP contribution in [-0.4, -0.2) is 35.9 Å². The molecule has 1 fully saturated rings. The monoisotopic (exact) mass is 557 g/mol. The molecule has 196 valence electrons. The number of imide groups is 1. The standard InChI is InChI=1S/C27H22Cl2FN3O5/c1-2-37-23-13-16(11-19(29)25(23)38-15-17-7-3-4-8-18(17)28)12-22-26(35)33(27(36)32-22)14-24(34)31-21-10-6-5-9-20(21)30/h3-13H,2,14-15H2,1H3,(H,31,34)(H,32,36)/b22-12+. The Hall–Kier alpha value is -4.08. The molecule has 0 radical (unpaired) electrons. The van der Waals surface area contributed by atoms with E-state index in [4.69, 9.17) is 32.7 Å². The van der Waals surface area contributed by atoms with Gasteiger partial charge in [0.2, 0.25) is 5.91 Å². The smallest absolute Gasteiger partial charge is 0.329 e. The number of ether oxygens (including phenoxy) is 2. The minimum absolute atomic E-state index is 0.0599. The highest BCUT2D eigenvalue weighted by molar-refractivity contribution is 6.32. The van der Waals surface area contributed by atoms with Gasteiger partial charge in [0, 0.05) is 10.6 Å². The molecule has 0 bridgehead atoms. The number of rotatable bonds is 9. The first-order valence-electron chi connectivity index (χ1n) is 11.5. The first-order valence-corrected chi connectivity index (χ1v) is 12.2. The van der Waals surface area contributed by atoms with Crippen LogP contribution in [0.5, 0.6) is 11.5 Å². The van der Waals surface area contributed by atoms with Gasteiger partial charge in [-0.05, 0) is 48.9 Å². The van der Waals surface area contributed by atoms with E-state index in [1.807, 2.05) is 18.2 Å². The van der Waals surface area contributed by atoms with Crippen LogP contribution in [0.4, 0.5) is 14.9 Å². The van der Waals surface area contributed by atoms with E-state index in [0.29, 0.717) is 33.6 Å². The summed E-state index contributed by atoms with van der Waals surface area (Å²) in [6.45, 7) is 1.66. The van der Waals surface area contributed by atoms with Crippen molar-refractivity contribution in [3.63, 3.8) is 0 Å². The Bertz CT molecular complexity index is 1430. The lowest BCUT2D eigenvalue weighted by atomic mass is 10.1. The van der Waals surface area contributed by atoms with Crippen molar-refractivity contribution >= 4 is 52.8 Å². The zero-order valence-electron chi connectivity index (χ0n) is 20.1. The highest BCUT2D eigenvalue weighted by Gasteiger charge is 2.35. The lowest BCUT2D eigenvalue weighted by Gasteiger charge is -2.15. The molecule has 1 aliphatic rings. The highest BCUT2D eigenvalue weighted by atomic mass is 35.5. The van der Waals surface area contributed by atoms with E-state index in [1.54, 1.807) is 31.2 Å². The van der Waals surface area contributed by atoms with Crippen molar-refractivity contribution in [2.24, 2.45) is 0 Å². The lowest BCUT2D eigenvalue weighted by Crippen LogP contribution is -2.38. The summed E-state index contributed by atoms with van der Waals surface area (Å²) in [5, 5.41) is 5.54. The first-order chi connectivity index (χ1) is 18.3. The molecule has 1 heterocycles.